The minimum Gasteiger partial charge on any atom is -0.429 e. The average molecular weight is 457 g/mol. The van der Waals surface area contributed by atoms with Gasteiger partial charge in [0.05, 0.1) is 0 Å². The molecule has 1 atom stereocenters. The van der Waals surface area contributed by atoms with Crippen LogP contribution < -0.4 is 4.74 Å². The molecule has 162 valence electrons. The Kier molecular flexibility index (Phi) is 5.41. The molecule has 1 aliphatic carbocycles. The maximum atomic E-state index is 14.6. The zero-order chi connectivity index (χ0) is 22.5. The second kappa shape index (κ2) is 7.79. The van der Waals surface area contributed by atoms with Crippen LogP contribution in [0, 0.1) is 29.2 Å². The minimum absolute atomic E-state index is 0.0838. The van der Waals surface area contributed by atoms with Gasteiger partial charge in [-0.2, -0.15) is 8.78 Å². The summed E-state index contributed by atoms with van der Waals surface area (Å²) < 4.78 is 89.4. The number of alkyl halides is 2. The van der Waals surface area contributed by atoms with Crippen molar-refractivity contribution in [3.8, 4) is 16.9 Å². The Morgan fingerprint density at radius 3 is 2.00 bits per heavy atom. The van der Waals surface area contributed by atoms with Crippen LogP contribution in [0.1, 0.15) is 23.6 Å². The highest BCUT2D eigenvalue weighted by atomic mass is 35.5. The van der Waals surface area contributed by atoms with Crippen LogP contribution in [0.15, 0.2) is 42.5 Å². The number of rotatable bonds is 4. The van der Waals surface area contributed by atoms with E-state index in [-0.39, 0.29) is 5.56 Å². The first-order valence-electron chi connectivity index (χ1n) is 9.38. The highest BCUT2D eigenvalue weighted by molar-refractivity contribution is 6.30. The first-order valence-corrected chi connectivity index (χ1v) is 9.76. The smallest absolute Gasteiger partial charge is 0.429 e. The lowest BCUT2D eigenvalue weighted by atomic mass is 9.98. The van der Waals surface area contributed by atoms with Crippen molar-refractivity contribution < 1.29 is 31.1 Å². The van der Waals surface area contributed by atoms with Gasteiger partial charge in [0.1, 0.15) is 39.6 Å². The van der Waals surface area contributed by atoms with E-state index in [0.717, 1.165) is 36.1 Å². The summed E-state index contributed by atoms with van der Waals surface area (Å²) in [6.07, 6.45) is -2.80. The lowest BCUT2D eigenvalue weighted by molar-refractivity contribution is -0.189. The molecule has 0 radical (unpaired) electrons. The van der Waals surface area contributed by atoms with E-state index >= 15 is 0 Å². The van der Waals surface area contributed by atoms with E-state index in [1.807, 2.05) is 6.07 Å². The molecule has 8 heteroatoms. The molecule has 0 bridgehead atoms. The number of fused-ring (bicyclic) bond motifs is 1. The van der Waals surface area contributed by atoms with E-state index in [0.29, 0.717) is 23.6 Å². The van der Waals surface area contributed by atoms with Crippen molar-refractivity contribution in [1.82, 2.24) is 0 Å². The van der Waals surface area contributed by atoms with Crippen molar-refractivity contribution in [2.75, 3.05) is 0 Å². The molecule has 0 aliphatic heterocycles. The number of hydrogen-bond donors (Lipinski definition) is 0. The molecule has 1 nitrogen and oxygen atoms in total. The highest BCUT2D eigenvalue weighted by Crippen LogP contribution is 2.39. The zero-order valence-corrected chi connectivity index (χ0v) is 16.8. The van der Waals surface area contributed by atoms with Gasteiger partial charge in [-0.15, -0.1) is 0 Å². The third-order valence-corrected chi connectivity index (χ3v) is 5.57. The quantitative estimate of drug-likeness (QED) is 0.293. The summed E-state index contributed by atoms with van der Waals surface area (Å²) in [6.45, 7) is 2.09. The summed E-state index contributed by atoms with van der Waals surface area (Å²) in [5.74, 6) is -6.32. The number of hydrogen-bond acceptors (Lipinski definition) is 1. The summed E-state index contributed by atoms with van der Waals surface area (Å²) >= 11 is 5.29. The Morgan fingerprint density at radius 1 is 0.806 bits per heavy atom. The summed E-state index contributed by atoms with van der Waals surface area (Å²) in [6, 6.07) is 7.68. The van der Waals surface area contributed by atoms with Crippen LogP contribution in [-0.2, 0) is 19.0 Å². The molecule has 4 rings (SSSR count). The van der Waals surface area contributed by atoms with Crippen molar-refractivity contribution in [2.24, 2.45) is 5.92 Å². The Labute approximate surface area is 179 Å². The summed E-state index contributed by atoms with van der Waals surface area (Å²) in [5, 5.41) is -0.916. The SMILES string of the molecule is CC1Cc2ccc(-c3cc(F)c(C(F)(F)Oc4cc(F)c(Cl)c(F)c4)c(F)c3)cc2C1. The van der Waals surface area contributed by atoms with Crippen LogP contribution >= 0.6 is 11.6 Å². The minimum atomic E-state index is -4.53. The predicted molar refractivity (Wildman–Crippen MR) is 104 cm³/mol. The molecule has 0 N–H and O–H groups in total. The Bertz CT molecular complexity index is 1130. The largest absolute Gasteiger partial charge is 0.432 e. The molecule has 0 heterocycles. The normalized spacial score (nSPS) is 15.8. The predicted octanol–water partition coefficient (Wildman–Crippen LogP) is 7.43. The molecule has 3 aromatic carbocycles. The molecule has 0 spiro atoms. The van der Waals surface area contributed by atoms with E-state index in [4.69, 9.17) is 11.6 Å². The first-order chi connectivity index (χ1) is 14.5. The highest BCUT2D eigenvalue weighted by Gasteiger charge is 2.41. The van der Waals surface area contributed by atoms with Crippen molar-refractivity contribution in [3.63, 3.8) is 0 Å². The van der Waals surface area contributed by atoms with Crippen LogP contribution in [-0.4, -0.2) is 0 Å². The Balaban J connectivity index is 1.68. The third kappa shape index (κ3) is 4.11. The molecule has 1 unspecified atom stereocenters. The molecular weight excluding hydrogens is 442 g/mol. The van der Waals surface area contributed by atoms with Gasteiger partial charge in [0.25, 0.3) is 0 Å². The van der Waals surface area contributed by atoms with Crippen LogP contribution in [0.5, 0.6) is 5.75 Å². The molecule has 0 aromatic heterocycles. The second-order valence-electron chi connectivity index (χ2n) is 7.63. The van der Waals surface area contributed by atoms with Gasteiger partial charge in [0, 0.05) is 12.1 Å². The lowest BCUT2D eigenvalue weighted by Crippen LogP contribution is -2.25. The van der Waals surface area contributed by atoms with Crippen molar-refractivity contribution >= 4 is 11.6 Å². The van der Waals surface area contributed by atoms with E-state index in [2.05, 4.69) is 11.7 Å². The maximum absolute atomic E-state index is 14.6. The number of ether oxygens (including phenoxy) is 1. The van der Waals surface area contributed by atoms with E-state index in [1.165, 1.54) is 0 Å². The van der Waals surface area contributed by atoms with Gasteiger partial charge in [-0.05, 0) is 53.1 Å². The van der Waals surface area contributed by atoms with Gasteiger partial charge in [0.2, 0.25) is 0 Å². The van der Waals surface area contributed by atoms with Gasteiger partial charge in [-0.25, -0.2) is 17.6 Å². The second-order valence-corrected chi connectivity index (χ2v) is 8.01. The van der Waals surface area contributed by atoms with Crippen molar-refractivity contribution in [2.45, 2.75) is 25.9 Å². The van der Waals surface area contributed by atoms with Gasteiger partial charge in [-0.1, -0.05) is 36.7 Å². The summed E-state index contributed by atoms with van der Waals surface area (Å²) in [5.41, 5.74) is 1.11. The van der Waals surface area contributed by atoms with Crippen molar-refractivity contribution in [3.05, 3.63) is 87.4 Å². The average Bonchev–Trinajstić information content (AvgIpc) is 3.04. The molecule has 31 heavy (non-hydrogen) atoms. The van der Waals surface area contributed by atoms with Gasteiger partial charge >= 0.3 is 6.11 Å². The number of benzene rings is 3. The fraction of sp³-hybridized carbons (Fsp3) is 0.217. The lowest BCUT2D eigenvalue weighted by Gasteiger charge is -2.20. The zero-order valence-electron chi connectivity index (χ0n) is 16.1. The molecule has 0 saturated carbocycles. The molecule has 1 aliphatic rings. The van der Waals surface area contributed by atoms with Crippen LogP contribution in [0.25, 0.3) is 11.1 Å². The third-order valence-electron chi connectivity index (χ3n) is 5.21. The Hall–Kier alpha value is -2.67. The molecule has 0 saturated heterocycles. The topological polar surface area (TPSA) is 9.23 Å². The maximum Gasteiger partial charge on any atom is 0.432 e. The van der Waals surface area contributed by atoms with E-state index in [9.17, 15) is 26.3 Å². The van der Waals surface area contributed by atoms with E-state index < -0.39 is 45.7 Å². The Morgan fingerprint density at radius 2 is 1.39 bits per heavy atom. The molecule has 0 amide bonds. The van der Waals surface area contributed by atoms with Crippen molar-refractivity contribution in [1.29, 1.82) is 0 Å². The van der Waals surface area contributed by atoms with Gasteiger partial charge < -0.3 is 4.74 Å². The summed E-state index contributed by atoms with van der Waals surface area (Å²) in [7, 11) is 0. The number of halogens is 7. The first kappa shape index (κ1) is 21.6. The van der Waals surface area contributed by atoms with Gasteiger partial charge in [-0.3, -0.25) is 0 Å². The van der Waals surface area contributed by atoms with E-state index in [1.54, 1.807) is 12.1 Å². The molecular formula is C23H15ClF6O. The standard InChI is InChI=1S/C23H15ClF6O/c1-11-4-12-2-3-13(6-14(12)5-11)15-7-17(25)21(18(26)8-15)23(29,30)31-16-9-19(27)22(24)20(28)10-16/h2-3,6-11H,4-5H2,1H3. The monoisotopic (exact) mass is 456 g/mol. The molecule has 3 aromatic rings. The fourth-order valence-electron chi connectivity index (χ4n) is 3.83. The van der Waals surface area contributed by atoms with Crippen LogP contribution in [0.3, 0.4) is 0 Å². The summed E-state index contributed by atoms with van der Waals surface area (Å²) in [4.78, 5) is 0. The van der Waals surface area contributed by atoms with Gasteiger partial charge in [0.15, 0.2) is 0 Å². The van der Waals surface area contributed by atoms with Crippen LogP contribution in [0.2, 0.25) is 5.02 Å². The fourth-order valence-corrected chi connectivity index (χ4v) is 3.93. The van der Waals surface area contributed by atoms with Crippen LogP contribution in [0.4, 0.5) is 26.3 Å². The molecule has 0 fully saturated rings.